The molecule has 1 amide bonds. The number of nitrogens with zero attached hydrogens (tertiary/aromatic N) is 2. The summed E-state index contributed by atoms with van der Waals surface area (Å²) in [5.41, 5.74) is 2.04. The van der Waals surface area contributed by atoms with Crippen molar-refractivity contribution in [2.24, 2.45) is 17.8 Å². The number of hydrogen-bond acceptors (Lipinski definition) is 6. The summed E-state index contributed by atoms with van der Waals surface area (Å²) in [4.78, 5) is 37.8. The molecule has 1 aliphatic heterocycles. The van der Waals surface area contributed by atoms with E-state index >= 15 is 0 Å². The summed E-state index contributed by atoms with van der Waals surface area (Å²) < 4.78 is 10.1. The predicted octanol–water partition coefficient (Wildman–Crippen LogP) is 7.08. The van der Waals surface area contributed by atoms with Crippen LogP contribution in [0.3, 0.4) is 0 Å². The summed E-state index contributed by atoms with van der Waals surface area (Å²) >= 11 is 9.44. The number of para-hydroxylation sites is 2. The maximum Gasteiger partial charge on any atom is 0.320 e. The lowest BCUT2D eigenvalue weighted by Crippen LogP contribution is -2.32. The molecule has 0 N–H and O–H groups in total. The molecule has 0 saturated carbocycles. The molecule has 1 saturated heterocycles. The monoisotopic (exact) mass is 602 g/mol. The molecule has 0 atom stereocenters. The van der Waals surface area contributed by atoms with Gasteiger partial charge in [-0.25, -0.2) is 0 Å². The molecule has 1 fully saturated rings. The van der Waals surface area contributed by atoms with E-state index in [0.29, 0.717) is 16.1 Å². The van der Waals surface area contributed by atoms with Gasteiger partial charge in [0.1, 0.15) is 4.32 Å². The van der Waals surface area contributed by atoms with Gasteiger partial charge in [0.05, 0.1) is 13.2 Å². The van der Waals surface area contributed by atoms with Gasteiger partial charge in [-0.3, -0.25) is 19.3 Å². The van der Waals surface area contributed by atoms with Crippen molar-refractivity contribution >= 4 is 58.4 Å². The highest BCUT2D eigenvalue weighted by Crippen LogP contribution is 2.26. The number of hydrogen-bond donors (Lipinski definition) is 1. The average molecular weight is 603 g/mol. The minimum Gasteiger partial charge on any atom is -0.465 e. The second-order valence-corrected chi connectivity index (χ2v) is 11.3. The molecule has 226 valence electrons. The van der Waals surface area contributed by atoms with E-state index in [1.165, 1.54) is 0 Å². The third kappa shape index (κ3) is 13.5. The minimum atomic E-state index is -0.796. The van der Waals surface area contributed by atoms with E-state index in [4.69, 9.17) is 21.7 Å². The van der Waals surface area contributed by atoms with Crippen LogP contribution in [0.5, 0.6) is 0 Å². The van der Waals surface area contributed by atoms with Crippen LogP contribution >= 0.6 is 24.8 Å². The molecule has 0 aliphatic carbocycles. The Morgan fingerprint density at radius 2 is 1.37 bits per heavy atom. The average Bonchev–Trinajstić information content (AvgIpc) is 3.34. The lowest BCUT2D eigenvalue weighted by Gasteiger charge is -2.22. The SMILES string of the molecule is CC(C)CCN1CCCC1=O.CCOC(=O)C(C(=O)OCC)C(C)C.S=C(S)N(c1ccccc1)c1ccccc1. The molecule has 3 rings (SSSR count). The Kier molecular flexibility index (Phi) is 17.7. The number of ether oxygens (including phenoxy) is 2. The molecule has 9 heteroatoms. The first-order valence-corrected chi connectivity index (χ1v) is 15.1. The molecule has 7 nitrogen and oxygen atoms in total. The molecule has 2 aromatic carbocycles. The largest absolute Gasteiger partial charge is 0.465 e. The van der Waals surface area contributed by atoms with Crippen molar-refractivity contribution < 1.29 is 23.9 Å². The number of thiocarbonyl (C=S) groups is 1. The highest BCUT2D eigenvalue weighted by Gasteiger charge is 2.32. The Hall–Kier alpha value is -2.91. The van der Waals surface area contributed by atoms with Crippen LogP contribution in [0.4, 0.5) is 11.4 Å². The summed E-state index contributed by atoms with van der Waals surface area (Å²) in [5.74, 6) is -0.834. The highest BCUT2D eigenvalue weighted by atomic mass is 32.1. The van der Waals surface area contributed by atoms with Crippen LogP contribution in [-0.4, -0.2) is 53.4 Å². The molecule has 2 aromatic rings. The van der Waals surface area contributed by atoms with E-state index in [9.17, 15) is 14.4 Å². The van der Waals surface area contributed by atoms with E-state index in [-0.39, 0.29) is 19.1 Å². The molecule has 0 spiro atoms. The number of anilines is 2. The smallest absolute Gasteiger partial charge is 0.320 e. The Labute approximate surface area is 257 Å². The van der Waals surface area contributed by atoms with Gasteiger partial charge in [-0.1, -0.05) is 76.3 Å². The van der Waals surface area contributed by atoms with E-state index < -0.39 is 17.9 Å². The fraction of sp³-hybridized carbons (Fsp3) is 0.500. The minimum absolute atomic E-state index is 0.104. The first-order chi connectivity index (χ1) is 19.5. The summed E-state index contributed by atoms with van der Waals surface area (Å²) in [6, 6.07) is 19.9. The fourth-order valence-electron chi connectivity index (χ4n) is 3.98. The zero-order valence-corrected chi connectivity index (χ0v) is 27.0. The fourth-order valence-corrected chi connectivity index (χ4v) is 4.42. The van der Waals surface area contributed by atoms with E-state index in [1.807, 2.05) is 70.5 Å². The van der Waals surface area contributed by atoms with Gasteiger partial charge in [-0.15, -0.1) is 12.6 Å². The van der Waals surface area contributed by atoms with Gasteiger partial charge >= 0.3 is 11.9 Å². The highest BCUT2D eigenvalue weighted by molar-refractivity contribution is 8.11. The van der Waals surface area contributed by atoms with Gasteiger partial charge in [0.15, 0.2) is 5.92 Å². The quantitative estimate of drug-likeness (QED) is 0.135. The van der Waals surface area contributed by atoms with Gasteiger partial charge in [0.25, 0.3) is 0 Å². The summed E-state index contributed by atoms with van der Waals surface area (Å²) in [5, 5.41) is 0. The number of benzene rings is 2. The van der Waals surface area contributed by atoms with Crippen molar-refractivity contribution in [1.29, 1.82) is 0 Å². The maximum atomic E-state index is 11.4. The number of carbonyl (C=O) groups excluding carboxylic acids is 3. The molecular formula is C32H46N2O5S2. The zero-order valence-electron chi connectivity index (χ0n) is 25.2. The van der Waals surface area contributed by atoms with Crippen molar-refractivity contribution in [3.63, 3.8) is 0 Å². The van der Waals surface area contributed by atoms with Crippen LogP contribution in [-0.2, 0) is 23.9 Å². The number of amides is 1. The summed E-state index contributed by atoms with van der Waals surface area (Å²) in [6.07, 6.45) is 2.99. The first kappa shape index (κ1) is 36.1. The normalized spacial score (nSPS) is 12.3. The third-order valence-corrected chi connectivity index (χ3v) is 6.50. The van der Waals surface area contributed by atoms with Gasteiger partial charge in [-0.2, -0.15) is 0 Å². The second-order valence-electron chi connectivity index (χ2n) is 10.2. The van der Waals surface area contributed by atoms with Crippen LogP contribution in [0, 0.1) is 17.8 Å². The van der Waals surface area contributed by atoms with Crippen LogP contribution in [0.25, 0.3) is 0 Å². The molecule has 1 heterocycles. The molecule has 0 bridgehead atoms. The molecule has 0 unspecified atom stereocenters. The molecule has 0 aromatic heterocycles. The number of likely N-dealkylation sites (tertiary alicyclic amines) is 1. The van der Waals surface area contributed by atoms with E-state index in [1.54, 1.807) is 27.7 Å². The van der Waals surface area contributed by atoms with Crippen molar-refractivity contribution in [3.05, 3.63) is 60.7 Å². The van der Waals surface area contributed by atoms with Crippen LogP contribution in [0.2, 0.25) is 0 Å². The van der Waals surface area contributed by atoms with Crippen molar-refractivity contribution in [2.75, 3.05) is 31.2 Å². The molecular weight excluding hydrogens is 556 g/mol. The van der Waals surface area contributed by atoms with Gasteiger partial charge < -0.3 is 14.4 Å². The Morgan fingerprint density at radius 1 is 0.902 bits per heavy atom. The predicted molar refractivity (Wildman–Crippen MR) is 173 cm³/mol. The zero-order chi connectivity index (χ0) is 30.8. The molecule has 0 radical (unpaired) electrons. The van der Waals surface area contributed by atoms with Gasteiger partial charge in [0, 0.05) is 30.9 Å². The lowest BCUT2D eigenvalue weighted by molar-refractivity contribution is -0.163. The second kappa shape index (κ2) is 20.0. The van der Waals surface area contributed by atoms with Gasteiger partial charge in [-0.05, 0) is 62.8 Å². The standard InChI is InChI=1S/C13H11NS2.C10H18O4.C9H17NO/c15-13(16)14(11-7-3-1-4-8-11)12-9-5-2-6-10-12;1-5-13-9(11)8(7(3)4)10(12)14-6-2;1-8(2)5-7-10-6-3-4-9(10)11/h1-10H,(H,15,16);7-8H,5-6H2,1-4H3;8H,3-7H2,1-2H3. The van der Waals surface area contributed by atoms with Crippen molar-refractivity contribution in [3.8, 4) is 0 Å². The Bertz CT molecular complexity index is 1010. The topological polar surface area (TPSA) is 76.1 Å². The van der Waals surface area contributed by atoms with E-state index in [2.05, 4.69) is 26.5 Å². The molecule has 1 aliphatic rings. The van der Waals surface area contributed by atoms with Gasteiger partial charge in [0.2, 0.25) is 5.91 Å². The van der Waals surface area contributed by atoms with Crippen LogP contribution < -0.4 is 4.90 Å². The van der Waals surface area contributed by atoms with Crippen LogP contribution in [0.1, 0.15) is 60.8 Å². The molecule has 41 heavy (non-hydrogen) atoms. The number of thiol groups is 1. The maximum absolute atomic E-state index is 11.4. The number of carbonyl (C=O) groups is 3. The van der Waals surface area contributed by atoms with Crippen LogP contribution in [0.15, 0.2) is 60.7 Å². The van der Waals surface area contributed by atoms with Crippen molar-refractivity contribution in [1.82, 2.24) is 4.90 Å². The number of esters is 2. The lowest BCUT2D eigenvalue weighted by atomic mass is 9.96. The summed E-state index contributed by atoms with van der Waals surface area (Å²) in [7, 11) is 0. The summed E-state index contributed by atoms with van der Waals surface area (Å²) in [6.45, 7) is 13.9. The first-order valence-electron chi connectivity index (χ1n) is 14.3. The third-order valence-electron chi connectivity index (χ3n) is 6.12. The van der Waals surface area contributed by atoms with E-state index in [0.717, 1.165) is 43.7 Å². The Balaban J connectivity index is 0.000000313. The number of rotatable bonds is 10. The van der Waals surface area contributed by atoms with Crippen molar-refractivity contribution in [2.45, 2.75) is 60.8 Å². The Morgan fingerprint density at radius 3 is 1.68 bits per heavy atom.